The Labute approximate surface area is 129 Å². The summed E-state index contributed by atoms with van der Waals surface area (Å²) in [6.45, 7) is 5.85. The molecule has 2 aliphatic rings. The molecule has 0 saturated carbocycles. The molecule has 0 spiro atoms. The van der Waals surface area contributed by atoms with Crippen LogP contribution in [0, 0.1) is 0 Å². The Morgan fingerprint density at radius 1 is 1.33 bits per heavy atom. The SMILES string of the molecule is CCCNC1CC2CCC(C1)N2C(C)CCc1ccco1. The third kappa shape index (κ3) is 3.51. The number of nitrogens with zero attached hydrogens (tertiary/aromatic N) is 1. The Balaban J connectivity index is 1.52. The fourth-order valence-electron chi connectivity index (χ4n) is 4.40. The second kappa shape index (κ2) is 6.97. The number of rotatable bonds is 7. The number of nitrogens with one attached hydrogen (secondary N) is 1. The fraction of sp³-hybridized carbons (Fsp3) is 0.778. The van der Waals surface area contributed by atoms with Crippen LogP contribution < -0.4 is 5.32 Å². The van der Waals surface area contributed by atoms with Crippen LogP contribution in [0.2, 0.25) is 0 Å². The number of furan rings is 1. The predicted octanol–water partition coefficient (Wildman–Crippen LogP) is 3.60. The summed E-state index contributed by atoms with van der Waals surface area (Å²) < 4.78 is 5.47. The molecule has 1 aromatic heterocycles. The molecule has 118 valence electrons. The first-order valence-electron chi connectivity index (χ1n) is 8.81. The highest BCUT2D eigenvalue weighted by Gasteiger charge is 2.42. The lowest BCUT2D eigenvalue weighted by molar-refractivity contribution is 0.0730. The summed E-state index contributed by atoms with van der Waals surface area (Å²) in [5, 5.41) is 3.74. The molecule has 2 saturated heterocycles. The van der Waals surface area contributed by atoms with Gasteiger partial charge in [-0.05, 0) is 64.1 Å². The molecule has 3 rings (SSSR count). The van der Waals surface area contributed by atoms with Crippen LogP contribution in [0.3, 0.4) is 0 Å². The van der Waals surface area contributed by atoms with E-state index in [4.69, 9.17) is 4.42 Å². The quantitative estimate of drug-likeness (QED) is 0.832. The topological polar surface area (TPSA) is 28.4 Å². The summed E-state index contributed by atoms with van der Waals surface area (Å²) in [4.78, 5) is 2.83. The molecule has 3 nitrogen and oxygen atoms in total. The van der Waals surface area contributed by atoms with E-state index < -0.39 is 0 Å². The molecular weight excluding hydrogens is 260 g/mol. The standard InChI is InChI=1S/C18H30N2O/c1-3-10-19-15-12-16-7-8-17(13-15)20(16)14(2)6-9-18-5-4-11-21-18/h4-5,11,14-17,19H,3,6-10,12-13H2,1-2H3. The van der Waals surface area contributed by atoms with Crippen LogP contribution in [0.25, 0.3) is 0 Å². The first-order valence-corrected chi connectivity index (χ1v) is 8.81. The zero-order valence-electron chi connectivity index (χ0n) is 13.6. The van der Waals surface area contributed by atoms with Gasteiger partial charge in [-0.3, -0.25) is 4.90 Å². The summed E-state index contributed by atoms with van der Waals surface area (Å²) in [5.74, 6) is 1.13. The van der Waals surface area contributed by atoms with Gasteiger partial charge in [0, 0.05) is 30.6 Å². The molecule has 2 bridgehead atoms. The van der Waals surface area contributed by atoms with Gasteiger partial charge in [-0.25, -0.2) is 0 Å². The number of hydrogen-bond acceptors (Lipinski definition) is 3. The normalized spacial score (nSPS) is 30.7. The summed E-state index contributed by atoms with van der Waals surface area (Å²) >= 11 is 0. The summed E-state index contributed by atoms with van der Waals surface area (Å²) in [5.41, 5.74) is 0. The lowest BCUT2D eigenvalue weighted by Crippen LogP contribution is -2.52. The molecule has 0 aliphatic carbocycles. The molecule has 0 radical (unpaired) electrons. The molecule has 0 amide bonds. The van der Waals surface area contributed by atoms with Crippen LogP contribution >= 0.6 is 0 Å². The summed E-state index contributed by atoms with van der Waals surface area (Å²) in [6, 6.07) is 7.15. The van der Waals surface area contributed by atoms with Gasteiger partial charge in [-0.1, -0.05) is 6.92 Å². The van der Waals surface area contributed by atoms with Gasteiger partial charge in [-0.2, -0.15) is 0 Å². The smallest absolute Gasteiger partial charge is 0.103 e. The van der Waals surface area contributed by atoms with Crippen LogP contribution in [-0.2, 0) is 6.42 Å². The maximum absolute atomic E-state index is 5.47. The zero-order valence-corrected chi connectivity index (χ0v) is 13.6. The van der Waals surface area contributed by atoms with Crippen molar-refractivity contribution in [1.82, 2.24) is 10.2 Å². The lowest BCUT2D eigenvalue weighted by Gasteiger charge is -2.43. The van der Waals surface area contributed by atoms with Gasteiger partial charge in [0.2, 0.25) is 0 Å². The zero-order chi connectivity index (χ0) is 14.7. The van der Waals surface area contributed by atoms with Crippen molar-refractivity contribution >= 4 is 0 Å². The van der Waals surface area contributed by atoms with Crippen molar-refractivity contribution in [2.45, 2.75) is 83.0 Å². The minimum absolute atomic E-state index is 0.680. The van der Waals surface area contributed by atoms with E-state index in [-0.39, 0.29) is 0 Å². The minimum Gasteiger partial charge on any atom is -0.469 e. The molecule has 3 atom stereocenters. The van der Waals surface area contributed by atoms with E-state index in [0.717, 1.165) is 30.3 Å². The number of aryl methyl sites for hydroxylation is 1. The van der Waals surface area contributed by atoms with Gasteiger partial charge in [-0.15, -0.1) is 0 Å². The van der Waals surface area contributed by atoms with Gasteiger partial charge in [0.15, 0.2) is 0 Å². The van der Waals surface area contributed by atoms with Crippen molar-refractivity contribution in [1.29, 1.82) is 0 Å². The summed E-state index contributed by atoms with van der Waals surface area (Å²) in [7, 11) is 0. The molecule has 1 N–H and O–H groups in total. The third-order valence-corrected chi connectivity index (χ3v) is 5.37. The fourth-order valence-corrected chi connectivity index (χ4v) is 4.40. The van der Waals surface area contributed by atoms with Crippen LogP contribution in [0.5, 0.6) is 0 Å². The van der Waals surface area contributed by atoms with Gasteiger partial charge in [0.05, 0.1) is 6.26 Å². The van der Waals surface area contributed by atoms with Crippen molar-refractivity contribution in [2.24, 2.45) is 0 Å². The Morgan fingerprint density at radius 2 is 2.10 bits per heavy atom. The largest absolute Gasteiger partial charge is 0.469 e. The minimum atomic E-state index is 0.680. The van der Waals surface area contributed by atoms with Crippen molar-refractivity contribution in [3.63, 3.8) is 0 Å². The maximum atomic E-state index is 5.47. The van der Waals surface area contributed by atoms with E-state index in [1.165, 1.54) is 45.1 Å². The molecule has 21 heavy (non-hydrogen) atoms. The highest BCUT2D eigenvalue weighted by atomic mass is 16.3. The molecule has 1 aromatic rings. The van der Waals surface area contributed by atoms with E-state index in [1.807, 2.05) is 6.07 Å². The summed E-state index contributed by atoms with van der Waals surface area (Å²) in [6.07, 6.45) is 10.8. The van der Waals surface area contributed by atoms with E-state index in [9.17, 15) is 0 Å². The van der Waals surface area contributed by atoms with Crippen LogP contribution in [-0.4, -0.2) is 35.6 Å². The molecule has 0 aromatic carbocycles. The predicted molar refractivity (Wildman–Crippen MR) is 86.5 cm³/mol. The van der Waals surface area contributed by atoms with Crippen molar-refractivity contribution in [2.75, 3.05) is 6.54 Å². The third-order valence-electron chi connectivity index (χ3n) is 5.37. The molecule has 3 heteroatoms. The average molecular weight is 290 g/mol. The highest BCUT2D eigenvalue weighted by Crippen LogP contribution is 2.38. The molecule has 2 aliphatic heterocycles. The van der Waals surface area contributed by atoms with E-state index in [0.29, 0.717) is 6.04 Å². The Bertz CT molecular complexity index is 403. The van der Waals surface area contributed by atoms with Crippen LogP contribution in [0.4, 0.5) is 0 Å². The van der Waals surface area contributed by atoms with Crippen LogP contribution in [0.1, 0.15) is 58.1 Å². The molecule has 3 heterocycles. The van der Waals surface area contributed by atoms with Gasteiger partial charge in [0.25, 0.3) is 0 Å². The Kier molecular flexibility index (Phi) is 5.02. The van der Waals surface area contributed by atoms with Gasteiger partial charge < -0.3 is 9.73 Å². The first-order chi connectivity index (χ1) is 10.3. The van der Waals surface area contributed by atoms with Crippen LogP contribution in [0.15, 0.2) is 22.8 Å². The second-order valence-electron chi connectivity index (χ2n) is 6.92. The average Bonchev–Trinajstić information content (AvgIpc) is 3.09. The van der Waals surface area contributed by atoms with E-state index >= 15 is 0 Å². The number of fused-ring (bicyclic) bond motifs is 2. The maximum Gasteiger partial charge on any atom is 0.103 e. The van der Waals surface area contributed by atoms with Crippen molar-refractivity contribution < 1.29 is 4.42 Å². The van der Waals surface area contributed by atoms with E-state index in [1.54, 1.807) is 6.26 Å². The number of piperidine rings is 1. The van der Waals surface area contributed by atoms with E-state index in [2.05, 4.69) is 30.1 Å². The van der Waals surface area contributed by atoms with Gasteiger partial charge in [0.1, 0.15) is 5.76 Å². The second-order valence-corrected chi connectivity index (χ2v) is 6.92. The van der Waals surface area contributed by atoms with Gasteiger partial charge >= 0.3 is 0 Å². The monoisotopic (exact) mass is 290 g/mol. The lowest BCUT2D eigenvalue weighted by atomic mass is 9.94. The number of hydrogen-bond donors (Lipinski definition) is 1. The molecule has 2 fully saturated rings. The Morgan fingerprint density at radius 3 is 2.71 bits per heavy atom. The molecular formula is C18H30N2O. The Hall–Kier alpha value is -0.800. The molecule has 3 unspecified atom stereocenters. The highest BCUT2D eigenvalue weighted by molar-refractivity contribution is 5.02. The van der Waals surface area contributed by atoms with Crippen molar-refractivity contribution in [3.05, 3.63) is 24.2 Å². The van der Waals surface area contributed by atoms with Crippen molar-refractivity contribution in [3.8, 4) is 0 Å². The first kappa shape index (κ1) is 15.1.